The zero-order valence-corrected chi connectivity index (χ0v) is 17.5. The van der Waals surface area contributed by atoms with E-state index < -0.39 is 12.0 Å². The van der Waals surface area contributed by atoms with Crippen molar-refractivity contribution in [2.24, 2.45) is 0 Å². The molecule has 1 aliphatic heterocycles. The molecule has 2 aromatic rings. The van der Waals surface area contributed by atoms with E-state index in [9.17, 15) is 9.90 Å². The number of methoxy groups -OCH3 is 3. The lowest BCUT2D eigenvalue weighted by molar-refractivity contribution is -0.145. The van der Waals surface area contributed by atoms with E-state index >= 15 is 0 Å². The second kappa shape index (κ2) is 9.18. The monoisotopic (exact) mass is 399 g/mol. The number of hydrogen-bond acceptors (Lipinski definition) is 5. The number of carboxylic acid groups (broad SMARTS) is 1. The van der Waals surface area contributed by atoms with Crippen molar-refractivity contribution in [3.63, 3.8) is 0 Å². The standard InChI is InChI=1S/C23H29NO5/c1-15-8-10-16(11-9-15)20(24-14-6-5-7-18(24)23(25)26)17-12-13-19(27-2)22(29-4)21(17)28-3/h8-13,18,20H,5-7,14H2,1-4H3,(H,25,26). The van der Waals surface area contributed by atoms with Gasteiger partial charge in [0.1, 0.15) is 6.04 Å². The van der Waals surface area contributed by atoms with Gasteiger partial charge in [-0.3, -0.25) is 9.69 Å². The van der Waals surface area contributed by atoms with Crippen LogP contribution in [-0.2, 0) is 4.79 Å². The Kier molecular flexibility index (Phi) is 6.64. The van der Waals surface area contributed by atoms with Gasteiger partial charge in [-0.1, -0.05) is 36.2 Å². The van der Waals surface area contributed by atoms with Crippen LogP contribution in [0, 0.1) is 6.92 Å². The van der Waals surface area contributed by atoms with Gasteiger partial charge in [0.15, 0.2) is 11.5 Å². The molecule has 1 fully saturated rings. The fourth-order valence-electron chi connectivity index (χ4n) is 4.17. The summed E-state index contributed by atoms with van der Waals surface area (Å²) in [5.74, 6) is 0.853. The second-order valence-electron chi connectivity index (χ2n) is 7.32. The first-order valence-electron chi connectivity index (χ1n) is 9.85. The molecule has 1 aliphatic rings. The van der Waals surface area contributed by atoms with Crippen molar-refractivity contribution in [1.82, 2.24) is 4.90 Å². The highest BCUT2D eigenvalue weighted by Crippen LogP contribution is 2.46. The third-order valence-corrected chi connectivity index (χ3v) is 5.58. The molecule has 0 radical (unpaired) electrons. The Morgan fingerprint density at radius 3 is 2.28 bits per heavy atom. The molecule has 3 rings (SSSR count). The summed E-state index contributed by atoms with van der Waals surface area (Å²) in [4.78, 5) is 14.1. The molecule has 2 atom stereocenters. The van der Waals surface area contributed by atoms with Gasteiger partial charge in [0, 0.05) is 5.56 Å². The van der Waals surface area contributed by atoms with Crippen molar-refractivity contribution in [3.05, 3.63) is 53.1 Å². The number of benzene rings is 2. The molecular weight excluding hydrogens is 370 g/mol. The van der Waals surface area contributed by atoms with Crippen LogP contribution in [-0.4, -0.2) is 49.9 Å². The molecule has 156 valence electrons. The maximum Gasteiger partial charge on any atom is 0.320 e. The molecule has 2 aromatic carbocycles. The Bertz CT molecular complexity index is 849. The number of aryl methyl sites for hydroxylation is 1. The maximum atomic E-state index is 12.0. The second-order valence-corrected chi connectivity index (χ2v) is 7.32. The normalized spacial score (nSPS) is 18.1. The Morgan fingerprint density at radius 2 is 1.69 bits per heavy atom. The van der Waals surface area contributed by atoms with Crippen LogP contribution in [0.5, 0.6) is 17.2 Å². The fourth-order valence-corrected chi connectivity index (χ4v) is 4.17. The third-order valence-electron chi connectivity index (χ3n) is 5.58. The van der Waals surface area contributed by atoms with E-state index in [2.05, 4.69) is 29.2 Å². The van der Waals surface area contributed by atoms with Crippen LogP contribution < -0.4 is 14.2 Å². The largest absolute Gasteiger partial charge is 0.493 e. The number of rotatable bonds is 7. The summed E-state index contributed by atoms with van der Waals surface area (Å²) in [6.07, 6.45) is 2.51. The van der Waals surface area contributed by atoms with Crippen LogP contribution in [0.4, 0.5) is 0 Å². The Labute approximate surface area is 172 Å². The number of hydrogen-bond donors (Lipinski definition) is 1. The van der Waals surface area contributed by atoms with Gasteiger partial charge >= 0.3 is 5.97 Å². The highest BCUT2D eigenvalue weighted by atomic mass is 16.5. The summed E-state index contributed by atoms with van der Waals surface area (Å²) in [5.41, 5.74) is 3.04. The van der Waals surface area contributed by atoms with Crippen molar-refractivity contribution in [1.29, 1.82) is 0 Å². The average molecular weight is 399 g/mol. The molecule has 6 nitrogen and oxygen atoms in total. The van der Waals surface area contributed by atoms with Gasteiger partial charge < -0.3 is 19.3 Å². The van der Waals surface area contributed by atoms with Crippen molar-refractivity contribution < 1.29 is 24.1 Å². The van der Waals surface area contributed by atoms with Crippen LogP contribution in [0.1, 0.15) is 42.0 Å². The minimum Gasteiger partial charge on any atom is -0.493 e. The zero-order chi connectivity index (χ0) is 21.0. The molecule has 0 aliphatic carbocycles. The van der Waals surface area contributed by atoms with Gasteiger partial charge in [0.2, 0.25) is 5.75 Å². The van der Waals surface area contributed by atoms with Gasteiger partial charge in [-0.15, -0.1) is 0 Å². The maximum absolute atomic E-state index is 12.0. The SMILES string of the molecule is COc1ccc(C(c2ccc(C)cc2)N2CCCCC2C(=O)O)c(OC)c1OC. The molecule has 29 heavy (non-hydrogen) atoms. The van der Waals surface area contributed by atoms with Crippen LogP contribution in [0.25, 0.3) is 0 Å². The summed E-state index contributed by atoms with van der Waals surface area (Å²) in [7, 11) is 4.75. The first-order valence-corrected chi connectivity index (χ1v) is 9.85. The summed E-state index contributed by atoms with van der Waals surface area (Å²) in [5, 5.41) is 9.89. The van der Waals surface area contributed by atoms with Crippen molar-refractivity contribution >= 4 is 5.97 Å². The lowest BCUT2D eigenvalue weighted by Crippen LogP contribution is -2.46. The molecule has 0 saturated carbocycles. The number of carboxylic acids is 1. The molecule has 0 amide bonds. The van der Waals surface area contributed by atoms with Crippen LogP contribution in [0.3, 0.4) is 0 Å². The minimum absolute atomic E-state index is 0.272. The summed E-state index contributed by atoms with van der Waals surface area (Å²) in [6.45, 7) is 2.74. The van der Waals surface area contributed by atoms with Crippen molar-refractivity contribution in [2.75, 3.05) is 27.9 Å². The minimum atomic E-state index is -0.791. The lowest BCUT2D eigenvalue weighted by atomic mass is 9.90. The Hall–Kier alpha value is -2.73. The highest BCUT2D eigenvalue weighted by Gasteiger charge is 2.37. The number of ether oxygens (including phenoxy) is 3. The lowest BCUT2D eigenvalue weighted by Gasteiger charge is -2.40. The average Bonchev–Trinajstić information content (AvgIpc) is 2.74. The van der Waals surface area contributed by atoms with E-state index in [-0.39, 0.29) is 6.04 Å². The summed E-state index contributed by atoms with van der Waals surface area (Å²) < 4.78 is 16.8. The van der Waals surface area contributed by atoms with Gasteiger partial charge in [-0.2, -0.15) is 0 Å². The van der Waals surface area contributed by atoms with E-state index in [1.54, 1.807) is 21.3 Å². The first-order chi connectivity index (χ1) is 14.0. The predicted molar refractivity (Wildman–Crippen MR) is 111 cm³/mol. The van der Waals surface area contributed by atoms with Gasteiger partial charge in [0.25, 0.3) is 0 Å². The van der Waals surface area contributed by atoms with Crippen molar-refractivity contribution in [3.8, 4) is 17.2 Å². The zero-order valence-electron chi connectivity index (χ0n) is 17.5. The quantitative estimate of drug-likeness (QED) is 0.758. The smallest absolute Gasteiger partial charge is 0.320 e. The molecule has 6 heteroatoms. The Morgan fingerprint density at radius 1 is 1.00 bits per heavy atom. The third kappa shape index (κ3) is 4.17. The van der Waals surface area contributed by atoms with Crippen LogP contribution >= 0.6 is 0 Å². The molecule has 0 spiro atoms. The number of carbonyl (C=O) groups is 1. The topological polar surface area (TPSA) is 68.2 Å². The predicted octanol–water partition coefficient (Wildman–Crippen LogP) is 4.05. The van der Waals surface area contributed by atoms with E-state index in [1.807, 2.05) is 19.1 Å². The highest BCUT2D eigenvalue weighted by molar-refractivity contribution is 5.74. The number of likely N-dealkylation sites (tertiary alicyclic amines) is 1. The number of piperidine rings is 1. The fraction of sp³-hybridized carbons (Fsp3) is 0.435. The molecule has 1 heterocycles. The molecule has 1 saturated heterocycles. The molecule has 0 bridgehead atoms. The van der Waals surface area contributed by atoms with Gasteiger partial charge in [-0.05, 0) is 44.0 Å². The van der Waals surface area contributed by atoms with E-state index in [0.717, 1.165) is 29.5 Å². The van der Waals surface area contributed by atoms with Gasteiger partial charge in [0.05, 0.1) is 27.4 Å². The number of nitrogens with zero attached hydrogens (tertiary/aromatic N) is 1. The summed E-state index contributed by atoms with van der Waals surface area (Å²) >= 11 is 0. The molecule has 1 N–H and O–H groups in total. The number of aliphatic carboxylic acids is 1. The van der Waals surface area contributed by atoms with Gasteiger partial charge in [-0.25, -0.2) is 0 Å². The summed E-state index contributed by atoms with van der Waals surface area (Å²) in [6, 6.07) is 11.2. The van der Waals surface area contributed by atoms with Crippen LogP contribution in [0.2, 0.25) is 0 Å². The van der Waals surface area contributed by atoms with E-state index in [0.29, 0.717) is 30.2 Å². The van der Waals surface area contributed by atoms with Crippen LogP contribution in [0.15, 0.2) is 36.4 Å². The first kappa shape index (κ1) is 21.0. The van der Waals surface area contributed by atoms with E-state index in [1.165, 1.54) is 0 Å². The Balaban J connectivity index is 2.20. The molecular formula is C23H29NO5. The molecule has 2 unspecified atom stereocenters. The van der Waals surface area contributed by atoms with Crippen molar-refractivity contribution in [2.45, 2.75) is 38.3 Å². The molecule has 0 aromatic heterocycles. The van der Waals surface area contributed by atoms with E-state index in [4.69, 9.17) is 14.2 Å².